The monoisotopic (exact) mass is 333 g/mol. The van der Waals surface area contributed by atoms with Crippen LogP contribution in [0.5, 0.6) is 0 Å². The predicted octanol–water partition coefficient (Wildman–Crippen LogP) is 2.27. The van der Waals surface area contributed by atoms with Gasteiger partial charge in [-0.15, -0.1) is 0 Å². The highest BCUT2D eigenvalue weighted by atomic mass is 16.7. The van der Waals surface area contributed by atoms with Crippen LogP contribution in [0.25, 0.3) is 6.08 Å². The first-order chi connectivity index (χ1) is 11.2. The molecular formula is C17H24BNO5. The summed E-state index contributed by atoms with van der Waals surface area (Å²) in [5.41, 5.74) is 0.302. The molecule has 1 aliphatic heterocycles. The van der Waals surface area contributed by atoms with Gasteiger partial charge in [-0.25, -0.2) is 9.78 Å². The Morgan fingerprint density at radius 3 is 2.46 bits per heavy atom. The topological polar surface area (TPSA) is 77.9 Å². The van der Waals surface area contributed by atoms with E-state index < -0.39 is 24.3 Å². The third-order valence-electron chi connectivity index (χ3n) is 4.33. The smallest absolute Gasteiger partial charge is 0.461 e. The summed E-state index contributed by atoms with van der Waals surface area (Å²) >= 11 is 0. The molecule has 0 saturated carbocycles. The maximum Gasteiger partial charge on any atom is 0.492 e. The Balaban J connectivity index is 2.26. The summed E-state index contributed by atoms with van der Waals surface area (Å²) < 4.78 is 16.8. The fraction of sp³-hybridized carbons (Fsp3) is 0.529. The highest BCUT2D eigenvalue weighted by Crippen LogP contribution is 2.38. The van der Waals surface area contributed by atoms with Crippen LogP contribution in [0.2, 0.25) is 0 Å². The molecule has 1 aromatic rings. The molecule has 7 heteroatoms. The Hall–Kier alpha value is -1.70. The number of aliphatic hydroxyl groups is 1. The average molecular weight is 333 g/mol. The zero-order valence-corrected chi connectivity index (χ0v) is 14.8. The van der Waals surface area contributed by atoms with Crippen molar-refractivity contribution in [3.63, 3.8) is 0 Å². The molecule has 0 radical (unpaired) electrons. The van der Waals surface area contributed by atoms with Crippen LogP contribution < -0.4 is 0 Å². The van der Waals surface area contributed by atoms with E-state index >= 15 is 0 Å². The maximum absolute atomic E-state index is 11.8. The maximum atomic E-state index is 11.8. The van der Waals surface area contributed by atoms with Gasteiger partial charge in [0.15, 0.2) is 0 Å². The number of pyridine rings is 1. The first kappa shape index (κ1) is 18.6. The second-order valence-corrected chi connectivity index (χ2v) is 6.63. The number of aliphatic hydroxyl groups excluding tert-OH is 1. The molecule has 0 bridgehead atoms. The molecule has 1 aromatic heterocycles. The lowest BCUT2D eigenvalue weighted by Crippen LogP contribution is -2.41. The Bertz CT molecular complexity index is 626. The summed E-state index contributed by atoms with van der Waals surface area (Å²) in [5.74, 6) is -0.478. The fourth-order valence-corrected chi connectivity index (χ4v) is 2.22. The van der Waals surface area contributed by atoms with E-state index in [1.54, 1.807) is 31.2 Å². The minimum atomic E-state index is -0.659. The Morgan fingerprint density at radius 1 is 1.29 bits per heavy atom. The fourth-order valence-electron chi connectivity index (χ4n) is 2.22. The van der Waals surface area contributed by atoms with Gasteiger partial charge in [0.2, 0.25) is 0 Å². The normalized spacial score (nSPS) is 19.4. The van der Waals surface area contributed by atoms with Gasteiger partial charge in [0.25, 0.3) is 0 Å². The van der Waals surface area contributed by atoms with Gasteiger partial charge in [0.05, 0.1) is 30.1 Å². The third kappa shape index (κ3) is 3.86. The summed E-state index contributed by atoms with van der Waals surface area (Å²) in [7, 11) is -0.659. The molecule has 6 nitrogen and oxygen atoms in total. The van der Waals surface area contributed by atoms with E-state index in [2.05, 4.69) is 4.98 Å². The van der Waals surface area contributed by atoms with Crippen molar-refractivity contribution in [3.05, 3.63) is 35.1 Å². The lowest BCUT2D eigenvalue weighted by atomic mass is 9.78. The second kappa shape index (κ2) is 7.05. The summed E-state index contributed by atoms with van der Waals surface area (Å²) in [6.07, 6.45) is 1.67. The van der Waals surface area contributed by atoms with Gasteiger partial charge < -0.3 is 19.2 Å². The van der Waals surface area contributed by atoms with E-state index in [4.69, 9.17) is 14.0 Å². The van der Waals surface area contributed by atoms with Crippen LogP contribution in [0.15, 0.2) is 23.7 Å². The number of rotatable bonds is 5. The molecule has 1 aliphatic rings. The predicted molar refractivity (Wildman–Crippen MR) is 91.3 cm³/mol. The second-order valence-electron chi connectivity index (χ2n) is 6.63. The number of carbonyl (C=O) groups excluding carboxylic acids is 1. The molecule has 0 spiro atoms. The van der Waals surface area contributed by atoms with Crippen LogP contribution in [-0.2, 0) is 14.0 Å². The molecule has 24 heavy (non-hydrogen) atoms. The van der Waals surface area contributed by atoms with Gasteiger partial charge >= 0.3 is 13.1 Å². The van der Waals surface area contributed by atoms with Crippen LogP contribution in [0.3, 0.4) is 0 Å². The Kier molecular flexibility index (Phi) is 5.47. The van der Waals surface area contributed by atoms with Crippen molar-refractivity contribution in [1.82, 2.24) is 4.98 Å². The van der Waals surface area contributed by atoms with Crippen molar-refractivity contribution in [3.8, 4) is 0 Å². The molecule has 130 valence electrons. The summed E-state index contributed by atoms with van der Waals surface area (Å²) in [6.45, 7) is 9.58. The van der Waals surface area contributed by atoms with Crippen LogP contribution in [0.1, 0.15) is 50.8 Å². The number of esters is 1. The minimum Gasteiger partial charge on any atom is -0.461 e. The molecule has 1 fully saturated rings. The lowest BCUT2D eigenvalue weighted by molar-refractivity contribution is 0.00578. The first-order valence-corrected chi connectivity index (χ1v) is 8.01. The number of nitrogens with zero attached hydrogens (tertiary/aromatic N) is 1. The van der Waals surface area contributed by atoms with Gasteiger partial charge in [0, 0.05) is 0 Å². The summed E-state index contributed by atoms with van der Waals surface area (Å²) in [4.78, 5) is 16.0. The van der Waals surface area contributed by atoms with Crippen molar-refractivity contribution in [2.24, 2.45) is 0 Å². The molecule has 0 amide bonds. The zero-order valence-electron chi connectivity index (χ0n) is 14.8. The van der Waals surface area contributed by atoms with Crippen molar-refractivity contribution in [2.75, 3.05) is 13.2 Å². The van der Waals surface area contributed by atoms with Crippen LogP contribution in [0, 0.1) is 0 Å². The summed E-state index contributed by atoms with van der Waals surface area (Å²) in [6, 6.07) is 5.04. The largest absolute Gasteiger partial charge is 0.492 e. The van der Waals surface area contributed by atoms with Gasteiger partial charge in [-0.05, 0) is 58.3 Å². The number of hydrogen-bond acceptors (Lipinski definition) is 6. The first-order valence-electron chi connectivity index (χ1n) is 8.01. The molecule has 2 heterocycles. The lowest BCUT2D eigenvalue weighted by Gasteiger charge is -2.32. The zero-order chi connectivity index (χ0) is 18.0. The molecule has 0 atom stereocenters. The SMILES string of the molecule is CCOC(=O)c1cccc(C=C(CO)B2OC(C)(C)C(C)(C)O2)n1. The van der Waals surface area contributed by atoms with E-state index in [-0.39, 0.29) is 18.9 Å². The van der Waals surface area contributed by atoms with Gasteiger partial charge in [-0.2, -0.15) is 0 Å². The number of ether oxygens (including phenoxy) is 1. The minimum absolute atomic E-state index is 0.219. The van der Waals surface area contributed by atoms with Crippen molar-refractivity contribution >= 4 is 19.2 Å². The number of aromatic nitrogens is 1. The molecule has 0 unspecified atom stereocenters. The van der Waals surface area contributed by atoms with Gasteiger partial charge in [0.1, 0.15) is 5.69 Å². The molecule has 1 N–H and O–H groups in total. The Labute approximate surface area is 143 Å². The van der Waals surface area contributed by atoms with Gasteiger partial charge in [-0.1, -0.05) is 6.07 Å². The average Bonchev–Trinajstić information content (AvgIpc) is 2.73. The third-order valence-corrected chi connectivity index (χ3v) is 4.33. The van der Waals surface area contributed by atoms with Crippen LogP contribution in [-0.4, -0.2) is 47.6 Å². The van der Waals surface area contributed by atoms with Crippen molar-refractivity contribution in [2.45, 2.75) is 45.8 Å². The van der Waals surface area contributed by atoms with Crippen molar-refractivity contribution < 1.29 is 23.9 Å². The van der Waals surface area contributed by atoms with E-state index in [1.807, 2.05) is 27.7 Å². The Morgan fingerprint density at radius 2 is 1.92 bits per heavy atom. The number of hydrogen-bond donors (Lipinski definition) is 1. The van der Waals surface area contributed by atoms with Crippen LogP contribution >= 0.6 is 0 Å². The molecular weight excluding hydrogens is 309 g/mol. The number of carbonyl (C=O) groups is 1. The highest BCUT2D eigenvalue weighted by Gasteiger charge is 2.52. The molecule has 1 saturated heterocycles. The molecule has 2 rings (SSSR count). The van der Waals surface area contributed by atoms with E-state index in [9.17, 15) is 9.90 Å². The van der Waals surface area contributed by atoms with Crippen LogP contribution in [0.4, 0.5) is 0 Å². The van der Waals surface area contributed by atoms with Crippen molar-refractivity contribution in [1.29, 1.82) is 0 Å². The quantitative estimate of drug-likeness (QED) is 0.658. The molecule has 0 aliphatic carbocycles. The standard InChI is InChI=1S/C17H24BNO5/c1-6-22-15(21)14-9-7-8-13(19-14)10-12(11-20)18-23-16(2,3)17(4,5)24-18/h7-10,20H,6,11H2,1-5H3. The highest BCUT2D eigenvalue weighted by molar-refractivity contribution is 6.55. The summed E-state index contributed by atoms with van der Waals surface area (Å²) in [5, 5.41) is 9.70. The van der Waals surface area contributed by atoms with E-state index in [0.717, 1.165) is 0 Å². The van der Waals surface area contributed by atoms with Gasteiger partial charge in [-0.3, -0.25) is 0 Å². The van der Waals surface area contributed by atoms with E-state index in [0.29, 0.717) is 11.2 Å². The molecule has 0 aromatic carbocycles. The van der Waals surface area contributed by atoms with E-state index in [1.165, 1.54) is 0 Å².